The number of carbonyl (C=O) groups excluding carboxylic acids is 1. The maximum atomic E-state index is 11.9. The molecule has 2 rings (SSSR count). The Morgan fingerprint density at radius 3 is 2.95 bits per heavy atom. The molecule has 0 atom stereocenters. The topological polar surface area (TPSA) is 66.5 Å². The molecule has 6 heteroatoms. The molecule has 1 saturated heterocycles. The highest BCUT2D eigenvalue weighted by atomic mass is 16.5. The third-order valence-electron chi connectivity index (χ3n) is 3.60. The average Bonchev–Trinajstić information content (AvgIpc) is 2.48. The van der Waals surface area contributed by atoms with Crippen LogP contribution in [0.5, 0.6) is 5.88 Å². The van der Waals surface area contributed by atoms with Gasteiger partial charge in [0, 0.05) is 24.8 Å². The molecule has 2 amide bonds. The molecule has 0 aromatic carbocycles. The Morgan fingerprint density at radius 1 is 1.48 bits per heavy atom. The number of amides is 2. The lowest BCUT2D eigenvalue weighted by Crippen LogP contribution is -2.46. The molecule has 1 fully saturated rings. The summed E-state index contributed by atoms with van der Waals surface area (Å²) in [6.45, 7) is 5.04. The number of aromatic nitrogens is 1. The van der Waals surface area contributed by atoms with Crippen LogP contribution in [0.25, 0.3) is 0 Å². The minimum atomic E-state index is -0.112. The zero-order valence-corrected chi connectivity index (χ0v) is 12.8. The van der Waals surface area contributed by atoms with Crippen molar-refractivity contribution >= 4 is 6.03 Å². The molecule has 0 bridgehead atoms. The lowest BCUT2D eigenvalue weighted by Gasteiger charge is -2.29. The number of likely N-dealkylation sites (tertiary alicyclic amines) is 1. The minimum absolute atomic E-state index is 0.112. The number of hydrogen-bond donors (Lipinski definition) is 2. The molecule has 0 aliphatic carbocycles. The fourth-order valence-electron chi connectivity index (χ4n) is 2.36. The second-order valence-electron chi connectivity index (χ2n) is 5.34. The maximum Gasteiger partial charge on any atom is 0.315 e. The van der Waals surface area contributed by atoms with Crippen molar-refractivity contribution in [3.05, 3.63) is 23.9 Å². The van der Waals surface area contributed by atoms with Gasteiger partial charge >= 0.3 is 6.03 Å². The predicted molar refractivity (Wildman–Crippen MR) is 81.3 cm³/mol. The van der Waals surface area contributed by atoms with Crippen LogP contribution in [-0.4, -0.2) is 48.7 Å². The SMILES string of the molecule is CCOc1cc(CNC(=O)NC2CCN(C)CC2)ccn1. The fraction of sp³-hybridized carbons (Fsp3) is 0.600. The van der Waals surface area contributed by atoms with E-state index in [4.69, 9.17) is 4.74 Å². The van der Waals surface area contributed by atoms with Gasteiger partial charge in [0.15, 0.2) is 0 Å². The number of ether oxygens (including phenoxy) is 1. The second kappa shape index (κ2) is 7.83. The van der Waals surface area contributed by atoms with Crippen molar-refractivity contribution in [2.45, 2.75) is 32.4 Å². The lowest BCUT2D eigenvalue weighted by molar-refractivity contribution is 0.213. The number of carbonyl (C=O) groups is 1. The normalized spacial score (nSPS) is 16.5. The van der Waals surface area contributed by atoms with Crippen LogP contribution < -0.4 is 15.4 Å². The zero-order chi connectivity index (χ0) is 15.1. The van der Waals surface area contributed by atoms with Gasteiger partial charge in [0.1, 0.15) is 0 Å². The summed E-state index contributed by atoms with van der Waals surface area (Å²) in [7, 11) is 2.11. The molecular formula is C15H24N4O2. The molecule has 21 heavy (non-hydrogen) atoms. The number of piperidine rings is 1. The Hall–Kier alpha value is -1.82. The predicted octanol–water partition coefficient (Wildman–Crippen LogP) is 1.37. The highest BCUT2D eigenvalue weighted by molar-refractivity contribution is 5.74. The maximum absolute atomic E-state index is 11.9. The Bertz CT molecular complexity index is 459. The summed E-state index contributed by atoms with van der Waals surface area (Å²) in [5.74, 6) is 0.590. The standard InChI is InChI=1S/C15H24N4O2/c1-3-21-14-10-12(4-7-16-14)11-17-15(20)18-13-5-8-19(2)9-6-13/h4,7,10,13H,3,5-6,8-9,11H2,1-2H3,(H2,17,18,20). The summed E-state index contributed by atoms with van der Waals surface area (Å²) < 4.78 is 5.34. The van der Waals surface area contributed by atoms with E-state index in [2.05, 4.69) is 27.6 Å². The first kappa shape index (κ1) is 15.6. The van der Waals surface area contributed by atoms with Gasteiger partial charge in [-0.05, 0) is 51.5 Å². The molecule has 116 valence electrons. The molecule has 0 unspecified atom stereocenters. The van der Waals surface area contributed by atoms with E-state index in [0.29, 0.717) is 19.0 Å². The second-order valence-corrected chi connectivity index (χ2v) is 5.34. The van der Waals surface area contributed by atoms with E-state index in [9.17, 15) is 4.79 Å². The summed E-state index contributed by atoms with van der Waals surface area (Å²) in [5.41, 5.74) is 0.979. The van der Waals surface area contributed by atoms with Crippen molar-refractivity contribution in [3.63, 3.8) is 0 Å². The summed E-state index contributed by atoms with van der Waals surface area (Å²) in [5, 5.41) is 5.91. The minimum Gasteiger partial charge on any atom is -0.478 e. The number of pyridine rings is 1. The first-order valence-corrected chi connectivity index (χ1v) is 7.48. The lowest BCUT2D eigenvalue weighted by atomic mass is 10.1. The molecular weight excluding hydrogens is 268 g/mol. The Kier molecular flexibility index (Phi) is 5.80. The molecule has 0 radical (unpaired) electrons. The van der Waals surface area contributed by atoms with E-state index < -0.39 is 0 Å². The highest BCUT2D eigenvalue weighted by Gasteiger charge is 2.18. The third kappa shape index (κ3) is 5.23. The van der Waals surface area contributed by atoms with E-state index in [1.807, 2.05) is 19.1 Å². The smallest absolute Gasteiger partial charge is 0.315 e. The monoisotopic (exact) mass is 292 g/mol. The Balaban J connectivity index is 1.74. The summed E-state index contributed by atoms with van der Waals surface area (Å²) >= 11 is 0. The van der Waals surface area contributed by atoms with Gasteiger partial charge in [0.2, 0.25) is 5.88 Å². The van der Waals surface area contributed by atoms with E-state index in [-0.39, 0.29) is 12.1 Å². The van der Waals surface area contributed by atoms with Gasteiger partial charge in [-0.3, -0.25) is 0 Å². The van der Waals surface area contributed by atoms with Crippen LogP contribution in [0.2, 0.25) is 0 Å². The summed E-state index contributed by atoms with van der Waals surface area (Å²) in [6.07, 6.45) is 3.71. The molecule has 1 aliphatic heterocycles. The quantitative estimate of drug-likeness (QED) is 0.860. The average molecular weight is 292 g/mol. The van der Waals surface area contributed by atoms with Gasteiger partial charge in [-0.1, -0.05) is 0 Å². The number of urea groups is 1. The molecule has 2 heterocycles. The van der Waals surface area contributed by atoms with Crippen LogP contribution in [0.15, 0.2) is 18.3 Å². The van der Waals surface area contributed by atoms with Crippen molar-refractivity contribution in [3.8, 4) is 5.88 Å². The van der Waals surface area contributed by atoms with Gasteiger partial charge < -0.3 is 20.3 Å². The van der Waals surface area contributed by atoms with Gasteiger partial charge in [-0.2, -0.15) is 0 Å². The van der Waals surface area contributed by atoms with Crippen LogP contribution in [0.4, 0.5) is 4.79 Å². The van der Waals surface area contributed by atoms with Crippen LogP contribution >= 0.6 is 0 Å². The van der Waals surface area contributed by atoms with Crippen molar-refractivity contribution in [2.24, 2.45) is 0 Å². The molecule has 2 N–H and O–H groups in total. The molecule has 0 spiro atoms. The van der Waals surface area contributed by atoms with Gasteiger partial charge in [0.05, 0.1) is 6.61 Å². The summed E-state index contributed by atoms with van der Waals surface area (Å²) in [6, 6.07) is 3.88. The Morgan fingerprint density at radius 2 is 2.24 bits per heavy atom. The number of nitrogens with zero attached hydrogens (tertiary/aromatic N) is 2. The van der Waals surface area contributed by atoms with Crippen molar-refractivity contribution < 1.29 is 9.53 Å². The molecule has 1 aromatic rings. The van der Waals surface area contributed by atoms with Crippen molar-refractivity contribution in [2.75, 3.05) is 26.7 Å². The highest BCUT2D eigenvalue weighted by Crippen LogP contribution is 2.10. The largest absolute Gasteiger partial charge is 0.478 e. The van der Waals surface area contributed by atoms with Crippen molar-refractivity contribution in [1.82, 2.24) is 20.5 Å². The molecule has 1 aliphatic rings. The Labute approximate surface area is 125 Å². The van der Waals surface area contributed by atoms with Crippen LogP contribution in [0.3, 0.4) is 0 Å². The van der Waals surface area contributed by atoms with Crippen molar-refractivity contribution in [1.29, 1.82) is 0 Å². The number of rotatable bonds is 5. The number of nitrogens with one attached hydrogen (secondary N) is 2. The molecule has 1 aromatic heterocycles. The summed E-state index contributed by atoms with van der Waals surface area (Å²) in [4.78, 5) is 18.3. The van der Waals surface area contributed by atoms with Crippen LogP contribution in [0.1, 0.15) is 25.3 Å². The third-order valence-corrected chi connectivity index (χ3v) is 3.60. The zero-order valence-electron chi connectivity index (χ0n) is 12.8. The van der Waals surface area contributed by atoms with Crippen LogP contribution in [-0.2, 0) is 6.54 Å². The van der Waals surface area contributed by atoms with E-state index in [1.165, 1.54) is 0 Å². The molecule has 6 nitrogen and oxygen atoms in total. The molecule has 0 saturated carbocycles. The number of hydrogen-bond acceptors (Lipinski definition) is 4. The fourth-order valence-corrected chi connectivity index (χ4v) is 2.36. The van der Waals surface area contributed by atoms with Gasteiger partial charge in [-0.15, -0.1) is 0 Å². The first-order chi connectivity index (χ1) is 10.2. The van der Waals surface area contributed by atoms with Gasteiger partial charge in [0.25, 0.3) is 0 Å². The van der Waals surface area contributed by atoms with E-state index >= 15 is 0 Å². The van der Waals surface area contributed by atoms with Gasteiger partial charge in [-0.25, -0.2) is 9.78 Å². The van der Waals surface area contributed by atoms with Crippen LogP contribution in [0, 0.1) is 0 Å². The first-order valence-electron chi connectivity index (χ1n) is 7.48. The van der Waals surface area contributed by atoms with E-state index in [1.54, 1.807) is 6.20 Å². The van der Waals surface area contributed by atoms with E-state index in [0.717, 1.165) is 31.5 Å².